The smallest absolute Gasteiger partial charge is 0.221 e. The number of carbonyl (C=O) groups is 1. The molecule has 0 saturated carbocycles. The number of rotatable bonds is 2. The molecule has 2 rings (SSSR count). The standard InChI is InChI=1S/C14H21N3O/c1-11-4-5-14(13(10-11)15-12(2)18)17-8-6-16(3)7-9-17/h4-5,10H,6-9H2,1-3H3,(H,15,18). The van der Waals surface area contributed by atoms with Gasteiger partial charge in [-0.3, -0.25) is 4.79 Å². The summed E-state index contributed by atoms with van der Waals surface area (Å²) in [6.45, 7) is 7.73. The van der Waals surface area contributed by atoms with Crippen molar-refractivity contribution in [3.8, 4) is 0 Å². The van der Waals surface area contributed by atoms with Gasteiger partial charge in [0.1, 0.15) is 0 Å². The number of anilines is 2. The van der Waals surface area contributed by atoms with Gasteiger partial charge in [0, 0.05) is 33.1 Å². The number of nitrogens with one attached hydrogen (secondary N) is 1. The predicted octanol–water partition coefficient (Wildman–Crippen LogP) is 1.71. The van der Waals surface area contributed by atoms with E-state index in [9.17, 15) is 4.79 Å². The Kier molecular flexibility index (Phi) is 3.87. The Morgan fingerprint density at radius 2 is 1.89 bits per heavy atom. The molecule has 1 amide bonds. The van der Waals surface area contributed by atoms with Crippen LogP contribution >= 0.6 is 0 Å². The molecule has 1 aromatic carbocycles. The molecule has 1 saturated heterocycles. The van der Waals surface area contributed by atoms with Gasteiger partial charge in [0.2, 0.25) is 5.91 Å². The van der Waals surface area contributed by atoms with Crippen molar-refractivity contribution >= 4 is 17.3 Å². The topological polar surface area (TPSA) is 35.6 Å². The van der Waals surface area contributed by atoms with Crippen LogP contribution in [0.5, 0.6) is 0 Å². The lowest BCUT2D eigenvalue weighted by Crippen LogP contribution is -2.44. The minimum Gasteiger partial charge on any atom is -0.367 e. The first-order valence-electron chi connectivity index (χ1n) is 6.38. The Morgan fingerprint density at radius 3 is 2.50 bits per heavy atom. The van der Waals surface area contributed by atoms with E-state index in [1.54, 1.807) is 6.92 Å². The summed E-state index contributed by atoms with van der Waals surface area (Å²) in [6.07, 6.45) is 0. The maximum Gasteiger partial charge on any atom is 0.221 e. The highest BCUT2D eigenvalue weighted by molar-refractivity contribution is 5.93. The monoisotopic (exact) mass is 247 g/mol. The number of carbonyl (C=O) groups excluding carboxylic acids is 1. The van der Waals surface area contributed by atoms with Crippen molar-refractivity contribution in [2.45, 2.75) is 13.8 Å². The second-order valence-electron chi connectivity index (χ2n) is 4.99. The number of hydrogen-bond donors (Lipinski definition) is 1. The summed E-state index contributed by atoms with van der Waals surface area (Å²) in [5, 5.41) is 2.93. The van der Waals surface area contributed by atoms with Crippen LogP contribution in [-0.2, 0) is 4.79 Å². The van der Waals surface area contributed by atoms with Gasteiger partial charge in [0.05, 0.1) is 11.4 Å². The van der Waals surface area contributed by atoms with Crippen molar-refractivity contribution < 1.29 is 4.79 Å². The summed E-state index contributed by atoms with van der Waals surface area (Å²) in [6, 6.07) is 6.24. The maximum absolute atomic E-state index is 11.3. The van der Waals surface area contributed by atoms with Crippen LogP contribution < -0.4 is 10.2 Å². The molecular formula is C14H21N3O. The first-order valence-corrected chi connectivity index (χ1v) is 6.38. The molecule has 0 unspecified atom stereocenters. The van der Waals surface area contributed by atoms with Gasteiger partial charge >= 0.3 is 0 Å². The molecule has 1 aliphatic rings. The van der Waals surface area contributed by atoms with Crippen molar-refractivity contribution in [3.63, 3.8) is 0 Å². The fourth-order valence-corrected chi connectivity index (χ4v) is 2.26. The van der Waals surface area contributed by atoms with Crippen LogP contribution in [0.2, 0.25) is 0 Å². The number of likely N-dealkylation sites (N-methyl/N-ethyl adjacent to an activating group) is 1. The molecule has 1 aromatic rings. The van der Waals surface area contributed by atoms with Crippen LogP contribution in [0, 0.1) is 6.92 Å². The number of piperazine rings is 1. The van der Waals surface area contributed by atoms with E-state index in [0.717, 1.165) is 43.1 Å². The molecule has 0 aliphatic carbocycles. The Labute approximate surface area is 109 Å². The molecule has 0 bridgehead atoms. The fraction of sp³-hybridized carbons (Fsp3) is 0.500. The SMILES string of the molecule is CC(=O)Nc1cc(C)ccc1N1CCN(C)CC1. The van der Waals surface area contributed by atoms with Gasteiger partial charge in [-0.05, 0) is 31.7 Å². The largest absolute Gasteiger partial charge is 0.367 e. The van der Waals surface area contributed by atoms with Crippen LogP contribution in [0.25, 0.3) is 0 Å². The number of aryl methyl sites for hydroxylation is 1. The zero-order valence-corrected chi connectivity index (χ0v) is 11.4. The number of benzene rings is 1. The summed E-state index contributed by atoms with van der Waals surface area (Å²) < 4.78 is 0. The summed E-state index contributed by atoms with van der Waals surface area (Å²) >= 11 is 0. The molecule has 0 radical (unpaired) electrons. The van der Waals surface area contributed by atoms with Gasteiger partial charge in [-0.25, -0.2) is 0 Å². The predicted molar refractivity (Wildman–Crippen MR) is 75.2 cm³/mol. The third-order valence-corrected chi connectivity index (χ3v) is 3.31. The zero-order valence-electron chi connectivity index (χ0n) is 11.4. The minimum absolute atomic E-state index is 0.0176. The minimum atomic E-state index is -0.0176. The van der Waals surface area contributed by atoms with Gasteiger partial charge < -0.3 is 15.1 Å². The molecule has 4 heteroatoms. The molecule has 1 fully saturated rings. The molecule has 98 valence electrons. The molecular weight excluding hydrogens is 226 g/mol. The van der Waals surface area contributed by atoms with Gasteiger partial charge in [-0.2, -0.15) is 0 Å². The molecule has 0 spiro atoms. The average Bonchev–Trinajstić information content (AvgIpc) is 2.30. The van der Waals surface area contributed by atoms with E-state index in [4.69, 9.17) is 0 Å². The highest BCUT2D eigenvalue weighted by Crippen LogP contribution is 2.27. The van der Waals surface area contributed by atoms with Crippen LogP contribution in [0.4, 0.5) is 11.4 Å². The van der Waals surface area contributed by atoms with Gasteiger partial charge in [-0.1, -0.05) is 6.07 Å². The summed E-state index contributed by atoms with van der Waals surface area (Å²) in [4.78, 5) is 15.9. The third-order valence-electron chi connectivity index (χ3n) is 3.31. The van der Waals surface area contributed by atoms with Crippen LogP contribution in [0.1, 0.15) is 12.5 Å². The zero-order chi connectivity index (χ0) is 13.1. The van der Waals surface area contributed by atoms with Crippen molar-refractivity contribution in [2.24, 2.45) is 0 Å². The highest BCUT2D eigenvalue weighted by Gasteiger charge is 2.17. The Hall–Kier alpha value is -1.55. The van der Waals surface area contributed by atoms with Crippen molar-refractivity contribution in [2.75, 3.05) is 43.4 Å². The van der Waals surface area contributed by atoms with Crippen LogP contribution in [-0.4, -0.2) is 44.0 Å². The van der Waals surface area contributed by atoms with Crippen molar-refractivity contribution in [3.05, 3.63) is 23.8 Å². The molecule has 0 atom stereocenters. The number of hydrogen-bond acceptors (Lipinski definition) is 3. The second-order valence-corrected chi connectivity index (χ2v) is 4.99. The molecule has 1 N–H and O–H groups in total. The van der Waals surface area contributed by atoms with Crippen molar-refractivity contribution in [1.82, 2.24) is 4.90 Å². The maximum atomic E-state index is 11.3. The lowest BCUT2D eigenvalue weighted by atomic mass is 10.1. The van der Waals surface area contributed by atoms with E-state index >= 15 is 0 Å². The highest BCUT2D eigenvalue weighted by atomic mass is 16.1. The Morgan fingerprint density at radius 1 is 1.22 bits per heavy atom. The molecule has 18 heavy (non-hydrogen) atoms. The quantitative estimate of drug-likeness (QED) is 0.864. The first-order chi connectivity index (χ1) is 8.56. The van der Waals surface area contributed by atoms with E-state index in [-0.39, 0.29) is 5.91 Å². The normalized spacial score (nSPS) is 16.7. The van der Waals surface area contributed by atoms with E-state index < -0.39 is 0 Å². The first kappa shape index (κ1) is 12.9. The number of amides is 1. The van der Waals surface area contributed by atoms with Gasteiger partial charge in [0.15, 0.2) is 0 Å². The average molecular weight is 247 g/mol. The van der Waals surface area contributed by atoms with Gasteiger partial charge in [-0.15, -0.1) is 0 Å². The van der Waals surface area contributed by atoms with Crippen LogP contribution in [0.3, 0.4) is 0 Å². The van der Waals surface area contributed by atoms with E-state index in [1.807, 2.05) is 13.0 Å². The van der Waals surface area contributed by atoms with Crippen LogP contribution in [0.15, 0.2) is 18.2 Å². The van der Waals surface area contributed by atoms with Gasteiger partial charge in [0.25, 0.3) is 0 Å². The fourth-order valence-electron chi connectivity index (χ4n) is 2.26. The molecule has 4 nitrogen and oxygen atoms in total. The van der Waals surface area contributed by atoms with Crippen molar-refractivity contribution in [1.29, 1.82) is 0 Å². The lowest BCUT2D eigenvalue weighted by molar-refractivity contribution is -0.114. The summed E-state index contributed by atoms with van der Waals surface area (Å²) in [5.41, 5.74) is 3.22. The molecule has 1 heterocycles. The molecule has 1 aliphatic heterocycles. The van der Waals surface area contributed by atoms with E-state index in [1.165, 1.54) is 0 Å². The Balaban J connectivity index is 2.23. The third kappa shape index (κ3) is 3.01. The lowest BCUT2D eigenvalue weighted by Gasteiger charge is -2.35. The Bertz CT molecular complexity index is 437. The summed E-state index contributed by atoms with van der Waals surface area (Å²) in [7, 11) is 2.14. The van der Waals surface area contributed by atoms with E-state index in [0.29, 0.717) is 0 Å². The second kappa shape index (κ2) is 5.40. The summed E-state index contributed by atoms with van der Waals surface area (Å²) in [5.74, 6) is -0.0176. The number of nitrogens with zero attached hydrogens (tertiary/aromatic N) is 2. The van der Waals surface area contributed by atoms with E-state index in [2.05, 4.69) is 34.3 Å². The molecule has 0 aromatic heterocycles.